The fraction of sp³-hybridized carbons (Fsp3) is 0.368. The third-order valence-electron chi connectivity index (χ3n) is 4.52. The van der Waals surface area contributed by atoms with Gasteiger partial charge in [0.15, 0.2) is 0 Å². The van der Waals surface area contributed by atoms with Crippen LogP contribution in [-0.2, 0) is 11.3 Å². The van der Waals surface area contributed by atoms with Gasteiger partial charge in [-0.15, -0.1) is 11.8 Å². The minimum atomic E-state index is -1.19. The molecule has 0 aliphatic carbocycles. The summed E-state index contributed by atoms with van der Waals surface area (Å²) in [5.41, 5.74) is 0.553. The Morgan fingerprint density at radius 1 is 1.24 bits per heavy atom. The molecule has 0 amide bonds. The van der Waals surface area contributed by atoms with Gasteiger partial charge in [0.2, 0.25) is 5.43 Å². The number of rotatable bonds is 5. The second-order valence-electron chi connectivity index (χ2n) is 6.20. The molecule has 1 aliphatic rings. The van der Waals surface area contributed by atoms with E-state index >= 15 is 0 Å². The van der Waals surface area contributed by atoms with Gasteiger partial charge in [0.25, 0.3) is 0 Å². The molecule has 2 heterocycles. The van der Waals surface area contributed by atoms with Crippen LogP contribution in [0.15, 0.2) is 46.3 Å². The lowest BCUT2D eigenvalue weighted by Crippen LogP contribution is -2.24. The van der Waals surface area contributed by atoms with Crippen molar-refractivity contribution in [2.24, 2.45) is 5.92 Å². The van der Waals surface area contributed by atoms with E-state index in [0.717, 1.165) is 36.5 Å². The second-order valence-corrected chi connectivity index (χ2v) is 7.08. The van der Waals surface area contributed by atoms with Gasteiger partial charge in [0.1, 0.15) is 5.56 Å². The summed E-state index contributed by atoms with van der Waals surface area (Å²) in [6.07, 6.45) is 7.12. The summed E-state index contributed by atoms with van der Waals surface area (Å²) in [5.74, 6) is -0.752. The van der Waals surface area contributed by atoms with Crippen molar-refractivity contribution in [3.63, 3.8) is 0 Å². The Morgan fingerprint density at radius 2 is 1.92 bits per heavy atom. The molecule has 1 aromatic carbocycles. The first-order chi connectivity index (χ1) is 12.1. The monoisotopic (exact) mass is 359 g/mol. The minimum absolute atomic E-state index is 0.182. The molecule has 1 fully saturated rings. The fourth-order valence-electron chi connectivity index (χ4n) is 3.09. The molecular formula is C19H21NO4S. The zero-order chi connectivity index (χ0) is 17.8. The number of hydrogen-bond donors (Lipinski definition) is 1. The van der Waals surface area contributed by atoms with Crippen molar-refractivity contribution in [1.82, 2.24) is 4.57 Å². The van der Waals surface area contributed by atoms with E-state index in [0.29, 0.717) is 18.0 Å². The first kappa shape index (κ1) is 17.8. The smallest absolute Gasteiger partial charge is 0.341 e. The van der Waals surface area contributed by atoms with E-state index in [1.54, 1.807) is 18.0 Å². The van der Waals surface area contributed by atoms with E-state index in [2.05, 4.69) is 0 Å². The molecule has 0 unspecified atom stereocenters. The number of pyridine rings is 1. The second kappa shape index (κ2) is 7.89. The van der Waals surface area contributed by atoms with Gasteiger partial charge >= 0.3 is 5.97 Å². The van der Waals surface area contributed by atoms with Gasteiger partial charge in [0, 0.05) is 42.6 Å². The van der Waals surface area contributed by atoms with Crippen LogP contribution in [0.3, 0.4) is 0 Å². The van der Waals surface area contributed by atoms with Gasteiger partial charge in [-0.05, 0) is 42.7 Å². The zero-order valence-electron chi connectivity index (χ0n) is 14.1. The van der Waals surface area contributed by atoms with Gasteiger partial charge in [-0.25, -0.2) is 4.79 Å². The van der Waals surface area contributed by atoms with Crippen LogP contribution in [-0.4, -0.2) is 35.1 Å². The SMILES string of the molecule is CSc1ccc(-c2cn(CC3CCOCC3)cc(C(=O)O)c2=O)cc1. The van der Waals surface area contributed by atoms with Gasteiger partial charge in [-0.2, -0.15) is 0 Å². The van der Waals surface area contributed by atoms with Crippen molar-refractivity contribution >= 4 is 17.7 Å². The average molecular weight is 359 g/mol. The Bertz CT molecular complexity index is 807. The van der Waals surface area contributed by atoms with Crippen LogP contribution in [0.25, 0.3) is 11.1 Å². The molecule has 1 aliphatic heterocycles. The molecule has 1 N–H and O–H groups in total. The molecule has 1 saturated heterocycles. The minimum Gasteiger partial charge on any atom is -0.477 e. The molecule has 0 saturated carbocycles. The Morgan fingerprint density at radius 3 is 2.52 bits per heavy atom. The molecule has 5 nitrogen and oxygen atoms in total. The average Bonchev–Trinajstić information content (AvgIpc) is 2.64. The first-order valence-corrected chi connectivity index (χ1v) is 9.50. The van der Waals surface area contributed by atoms with E-state index in [4.69, 9.17) is 4.74 Å². The molecule has 132 valence electrons. The maximum Gasteiger partial charge on any atom is 0.341 e. The van der Waals surface area contributed by atoms with Crippen molar-refractivity contribution in [1.29, 1.82) is 0 Å². The van der Waals surface area contributed by atoms with Crippen LogP contribution in [0.5, 0.6) is 0 Å². The molecule has 3 rings (SSSR count). The number of benzene rings is 1. The van der Waals surface area contributed by atoms with E-state index in [-0.39, 0.29) is 5.56 Å². The molecule has 2 aromatic rings. The van der Waals surface area contributed by atoms with Gasteiger partial charge < -0.3 is 14.4 Å². The van der Waals surface area contributed by atoms with Gasteiger partial charge in [0.05, 0.1) is 0 Å². The van der Waals surface area contributed by atoms with E-state index in [1.165, 1.54) is 6.20 Å². The Labute approximate surface area is 150 Å². The highest BCUT2D eigenvalue weighted by Crippen LogP contribution is 2.23. The number of aromatic carboxylic acids is 1. The fourth-order valence-corrected chi connectivity index (χ4v) is 3.50. The predicted molar refractivity (Wildman–Crippen MR) is 98.4 cm³/mol. The lowest BCUT2D eigenvalue weighted by Gasteiger charge is -2.23. The highest BCUT2D eigenvalue weighted by Gasteiger charge is 2.18. The highest BCUT2D eigenvalue weighted by molar-refractivity contribution is 7.98. The van der Waals surface area contributed by atoms with Crippen LogP contribution in [0.1, 0.15) is 23.2 Å². The van der Waals surface area contributed by atoms with Crippen molar-refractivity contribution in [3.05, 3.63) is 52.4 Å². The van der Waals surface area contributed by atoms with E-state index in [1.807, 2.05) is 35.1 Å². The van der Waals surface area contributed by atoms with E-state index < -0.39 is 11.4 Å². The molecule has 0 radical (unpaired) electrons. The quantitative estimate of drug-likeness (QED) is 0.829. The van der Waals surface area contributed by atoms with Crippen LogP contribution >= 0.6 is 11.8 Å². The van der Waals surface area contributed by atoms with Crippen molar-refractivity contribution in [2.75, 3.05) is 19.5 Å². The lowest BCUT2D eigenvalue weighted by atomic mass is 9.99. The summed E-state index contributed by atoms with van der Waals surface area (Å²) in [4.78, 5) is 25.2. The predicted octanol–water partition coefficient (Wildman–Crippen LogP) is 3.36. The number of thioether (sulfide) groups is 1. The zero-order valence-corrected chi connectivity index (χ0v) is 14.9. The Hall–Kier alpha value is -2.05. The number of hydrogen-bond acceptors (Lipinski definition) is 4. The lowest BCUT2D eigenvalue weighted by molar-refractivity contribution is 0.0609. The standard InChI is InChI=1S/C19H21NO4S/c1-25-15-4-2-14(3-5-15)16-11-20(10-13-6-8-24-9-7-13)12-17(18(16)21)19(22)23/h2-5,11-13H,6-10H2,1H3,(H,22,23). The maximum atomic E-state index is 12.6. The van der Waals surface area contributed by atoms with Gasteiger partial charge in [-0.1, -0.05) is 12.1 Å². The number of ether oxygens (including phenoxy) is 1. The number of carboxylic acid groups (broad SMARTS) is 1. The van der Waals surface area contributed by atoms with Crippen LogP contribution in [0, 0.1) is 5.92 Å². The van der Waals surface area contributed by atoms with Gasteiger partial charge in [-0.3, -0.25) is 4.79 Å². The van der Waals surface area contributed by atoms with Crippen molar-refractivity contribution < 1.29 is 14.6 Å². The number of carboxylic acids is 1. The van der Waals surface area contributed by atoms with E-state index in [9.17, 15) is 14.7 Å². The molecule has 1 aromatic heterocycles. The third-order valence-corrected chi connectivity index (χ3v) is 5.26. The first-order valence-electron chi connectivity index (χ1n) is 8.28. The Kier molecular flexibility index (Phi) is 5.60. The van der Waals surface area contributed by atoms with Crippen molar-refractivity contribution in [3.8, 4) is 11.1 Å². The topological polar surface area (TPSA) is 68.5 Å². The van der Waals surface area contributed by atoms with Crippen LogP contribution in [0.2, 0.25) is 0 Å². The molecule has 0 spiro atoms. The highest BCUT2D eigenvalue weighted by atomic mass is 32.2. The normalized spacial score (nSPS) is 15.2. The van der Waals surface area contributed by atoms with Crippen molar-refractivity contribution in [2.45, 2.75) is 24.3 Å². The molecular weight excluding hydrogens is 338 g/mol. The summed E-state index contributed by atoms with van der Waals surface area (Å²) in [7, 11) is 0. The molecule has 6 heteroatoms. The maximum absolute atomic E-state index is 12.6. The third kappa shape index (κ3) is 4.14. The van der Waals surface area contributed by atoms with Crippen LogP contribution in [0.4, 0.5) is 0 Å². The summed E-state index contributed by atoms with van der Waals surface area (Å²) in [6, 6.07) is 7.62. The summed E-state index contributed by atoms with van der Waals surface area (Å²) in [6.45, 7) is 2.17. The molecule has 0 atom stereocenters. The number of aromatic nitrogens is 1. The number of carbonyl (C=O) groups is 1. The molecule has 25 heavy (non-hydrogen) atoms. The van der Waals surface area contributed by atoms with Crippen LogP contribution < -0.4 is 5.43 Å². The largest absolute Gasteiger partial charge is 0.477 e. The number of nitrogens with zero attached hydrogens (tertiary/aromatic N) is 1. The summed E-state index contributed by atoms with van der Waals surface area (Å²) in [5, 5.41) is 9.41. The summed E-state index contributed by atoms with van der Waals surface area (Å²) < 4.78 is 7.22. The summed E-state index contributed by atoms with van der Waals surface area (Å²) >= 11 is 1.62. The Balaban J connectivity index is 2.00. The molecule has 0 bridgehead atoms.